The Kier molecular flexibility index (Phi) is 10.5. The Hall–Kier alpha value is -3.14. The van der Waals surface area contributed by atoms with E-state index < -0.39 is 30.2 Å². The number of rotatable bonds is 9. The molecule has 2 heterocycles. The number of carbonyl (C=O) groups excluding carboxylic acids is 3. The summed E-state index contributed by atoms with van der Waals surface area (Å²) in [6.45, 7) is 4.46. The molecule has 1 fully saturated rings. The van der Waals surface area contributed by atoms with Gasteiger partial charge in [0.15, 0.2) is 0 Å². The number of fused-ring (bicyclic) bond motifs is 1. The number of halogens is 2. The third-order valence-corrected chi connectivity index (χ3v) is 8.12. The van der Waals surface area contributed by atoms with Crippen LogP contribution in [0.25, 0.3) is 16.2 Å². The Bertz CT molecular complexity index is 1310. The van der Waals surface area contributed by atoms with E-state index in [4.69, 9.17) is 23.2 Å². The number of carboxylic acids is 1. The van der Waals surface area contributed by atoms with Gasteiger partial charge in [-0.1, -0.05) is 40.9 Å². The highest BCUT2D eigenvalue weighted by molar-refractivity contribution is 7.18. The molecule has 202 valence electrons. The summed E-state index contributed by atoms with van der Waals surface area (Å²) in [5.74, 6) is -2.52. The molecule has 2 aromatic rings. The fourth-order valence-corrected chi connectivity index (χ4v) is 5.35. The van der Waals surface area contributed by atoms with Crippen LogP contribution >= 0.6 is 34.5 Å². The van der Waals surface area contributed by atoms with Gasteiger partial charge in [-0.3, -0.25) is 19.2 Å². The van der Waals surface area contributed by atoms with Crippen LogP contribution in [-0.2, 0) is 19.2 Å². The lowest BCUT2D eigenvalue weighted by atomic mass is 10.0. The van der Waals surface area contributed by atoms with Gasteiger partial charge in [-0.25, -0.2) is 0 Å². The van der Waals surface area contributed by atoms with Gasteiger partial charge < -0.3 is 20.6 Å². The van der Waals surface area contributed by atoms with Gasteiger partial charge in [0, 0.05) is 31.3 Å². The first-order valence-corrected chi connectivity index (χ1v) is 13.7. The van der Waals surface area contributed by atoms with Crippen molar-refractivity contribution in [3.8, 4) is 0 Å². The molecule has 38 heavy (non-hydrogen) atoms. The van der Waals surface area contributed by atoms with Gasteiger partial charge in [0.05, 0.1) is 21.2 Å². The second kappa shape index (κ2) is 13.6. The molecule has 1 saturated heterocycles. The molecule has 1 aliphatic rings. The molecule has 1 aliphatic heterocycles. The fourth-order valence-electron chi connectivity index (χ4n) is 3.91. The highest BCUT2D eigenvalue weighted by atomic mass is 35.5. The average molecular weight is 579 g/mol. The van der Waals surface area contributed by atoms with E-state index in [1.807, 2.05) is 37.4 Å². The van der Waals surface area contributed by atoms with E-state index in [0.29, 0.717) is 41.5 Å². The van der Waals surface area contributed by atoms with Gasteiger partial charge in [-0.15, -0.1) is 11.3 Å². The molecule has 1 atom stereocenters. The lowest BCUT2D eigenvalue weighted by Gasteiger charge is -2.32. The lowest BCUT2D eigenvalue weighted by Crippen LogP contribution is -2.53. The van der Waals surface area contributed by atoms with Gasteiger partial charge in [-0.2, -0.15) is 0 Å². The molecule has 0 aliphatic carbocycles. The van der Waals surface area contributed by atoms with Crippen LogP contribution in [0.15, 0.2) is 47.4 Å². The Balaban J connectivity index is 1.55. The summed E-state index contributed by atoms with van der Waals surface area (Å²) in [6, 6.07) is 2.36. The number of allylic oxidation sites excluding steroid dienone is 3. The van der Waals surface area contributed by atoms with Crippen LogP contribution in [0, 0.1) is 0 Å². The molecule has 11 heteroatoms. The number of nitrogens with one attached hydrogen (secondary N) is 2. The summed E-state index contributed by atoms with van der Waals surface area (Å²) in [5, 5.41) is 18.2. The molecule has 0 spiro atoms. The van der Waals surface area contributed by atoms with E-state index in [1.54, 1.807) is 17.1 Å². The minimum Gasteiger partial charge on any atom is -0.481 e. The SMILES string of the molecule is C/C=C(C)/C=C/C(=O)N[C@@H](CC(=O)O)C(=O)NC1CCN(C(=O)/C=C/c2cc3ccsc3c(Cl)c2Cl)CC1. The van der Waals surface area contributed by atoms with Crippen LogP contribution in [0.1, 0.15) is 38.7 Å². The van der Waals surface area contributed by atoms with Crippen molar-refractivity contribution in [2.75, 3.05) is 13.1 Å². The molecule has 0 unspecified atom stereocenters. The Morgan fingerprint density at radius 1 is 1.16 bits per heavy atom. The molecular formula is C27H29Cl2N3O5S. The number of carbonyl (C=O) groups is 4. The maximum Gasteiger partial charge on any atom is 0.305 e. The molecular weight excluding hydrogens is 549 g/mol. The van der Waals surface area contributed by atoms with Crippen molar-refractivity contribution in [3.63, 3.8) is 0 Å². The predicted molar refractivity (Wildman–Crippen MR) is 151 cm³/mol. The van der Waals surface area contributed by atoms with Crippen LogP contribution in [0.2, 0.25) is 10.0 Å². The number of likely N-dealkylation sites (tertiary alicyclic amines) is 1. The first-order chi connectivity index (χ1) is 18.1. The predicted octanol–water partition coefficient (Wildman–Crippen LogP) is 4.81. The average Bonchev–Trinajstić information content (AvgIpc) is 3.37. The number of carboxylic acid groups (broad SMARTS) is 1. The minimum absolute atomic E-state index is 0.188. The number of aliphatic carboxylic acids is 1. The number of piperidine rings is 1. The number of nitrogens with zero attached hydrogens (tertiary/aromatic N) is 1. The quantitative estimate of drug-likeness (QED) is 0.292. The highest BCUT2D eigenvalue weighted by Crippen LogP contribution is 2.37. The van der Waals surface area contributed by atoms with Crippen LogP contribution < -0.4 is 10.6 Å². The number of benzene rings is 1. The summed E-state index contributed by atoms with van der Waals surface area (Å²) < 4.78 is 0.898. The van der Waals surface area contributed by atoms with Crippen molar-refractivity contribution in [1.82, 2.24) is 15.5 Å². The zero-order chi connectivity index (χ0) is 27.8. The minimum atomic E-state index is -1.21. The van der Waals surface area contributed by atoms with Gasteiger partial charge in [0.2, 0.25) is 17.7 Å². The van der Waals surface area contributed by atoms with E-state index in [-0.39, 0.29) is 11.9 Å². The number of hydrogen-bond acceptors (Lipinski definition) is 5. The fraction of sp³-hybridized carbons (Fsp3) is 0.333. The number of hydrogen-bond donors (Lipinski definition) is 3. The third kappa shape index (κ3) is 7.93. The second-order valence-corrected chi connectivity index (χ2v) is 10.6. The number of thiophene rings is 1. The van der Waals surface area contributed by atoms with Gasteiger partial charge in [0.1, 0.15) is 6.04 Å². The Morgan fingerprint density at radius 3 is 2.53 bits per heavy atom. The van der Waals surface area contributed by atoms with E-state index in [2.05, 4.69) is 10.6 Å². The van der Waals surface area contributed by atoms with Crippen molar-refractivity contribution >= 4 is 74.4 Å². The smallest absolute Gasteiger partial charge is 0.305 e. The molecule has 1 aromatic heterocycles. The van der Waals surface area contributed by atoms with Crippen molar-refractivity contribution in [2.24, 2.45) is 0 Å². The molecule has 3 amide bonds. The summed E-state index contributed by atoms with van der Waals surface area (Å²) in [6.07, 6.45) is 8.19. The van der Waals surface area contributed by atoms with E-state index in [0.717, 1.165) is 15.7 Å². The van der Waals surface area contributed by atoms with E-state index in [9.17, 15) is 24.3 Å². The highest BCUT2D eigenvalue weighted by Gasteiger charge is 2.28. The van der Waals surface area contributed by atoms with E-state index in [1.165, 1.54) is 23.5 Å². The van der Waals surface area contributed by atoms with Gasteiger partial charge in [0.25, 0.3) is 0 Å². The van der Waals surface area contributed by atoms with Gasteiger partial charge in [-0.05, 0) is 61.2 Å². The zero-order valence-corrected chi connectivity index (χ0v) is 23.3. The molecule has 0 saturated carbocycles. The molecule has 3 rings (SSSR count). The van der Waals surface area contributed by atoms with Crippen LogP contribution in [-0.4, -0.2) is 58.9 Å². The standard InChI is InChI=1S/C27H29Cl2N3O5S/c1-3-16(2)4-6-21(33)31-20(15-23(35)36)27(37)30-19-8-11-32(12-9-19)22(34)7-5-17-14-18-10-13-38-26(18)25(29)24(17)28/h3-7,10,13-14,19-20H,8-9,11-12,15H2,1-2H3,(H,30,37)(H,31,33)(H,35,36)/b6-4+,7-5+,16-3+/t20-/m0/s1. The maximum atomic E-state index is 12.7. The maximum absolute atomic E-state index is 12.7. The topological polar surface area (TPSA) is 116 Å². The second-order valence-electron chi connectivity index (χ2n) is 8.90. The van der Waals surface area contributed by atoms with Crippen LogP contribution in [0.4, 0.5) is 0 Å². The first-order valence-electron chi connectivity index (χ1n) is 12.0. The summed E-state index contributed by atoms with van der Waals surface area (Å²) in [7, 11) is 0. The summed E-state index contributed by atoms with van der Waals surface area (Å²) in [5.41, 5.74) is 1.51. The molecule has 0 bridgehead atoms. The molecule has 1 aromatic carbocycles. The zero-order valence-electron chi connectivity index (χ0n) is 21.0. The van der Waals surface area contributed by atoms with Crippen LogP contribution in [0.3, 0.4) is 0 Å². The summed E-state index contributed by atoms with van der Waals surface area (Å²) >= 11 is 14.2. The third-order valence-electron chi connectivity index (χ3n) is 6.18. The van der Waals surface area contributed by atoms with Crippen molar-refractivity contribution in [2.45, 2.75) is 45.2 Å². The van der Waals surface area contributed by atoms with Crippen molar-refractivity contribution < 1.29 is 24.3 Å². The van der Waals surface area contributed by atoms with Crippen molar-refractivity contribution in [3.05, 3.63) is 63.0 Å². The largest absolute Gasteiger partial charge is 0.481 e. The Morgan fingerprint density at radius 2 is 1.87 bits per heavy atom. The van der Waals surface area contributed by atoms with Crippen LogP contribution in [0.5, 0.6) is 0 Å². The lowest BCUT2D eigenvalue weighted by molar-refractivity contribution is -0.140. The monoisotopic (exact) mass is 577 g/mol. The molecule has 3 N–H and O–H groups in total. The molecule has 0 radical (unpaired) electrons. The number of amides is 3. The van der Waals surface area contributed by atoms with Gasteiger partial charge >= 0.3 is 5.97 Å². The first kappa shape index (κ1) is 29.4. The van der Waals surface area contributed by atoms with Crippen molar-refractivity contribution in [1.29, 1.82) is 0 Å². The summed E-state index contributed by atoms with van der Waals surface area (Å²) in [4.78, 5) is 50.6. The molecule has 8 nitrogen and oxygen atoms in total. The Labute approximate surface area is 235 Å². The van der Waals surface area contributed by atoms with E-state index >= 15 is 0 Å². The normalized spacial score (nSPS) is 15.8.